The molecule has 1 aromatic rings. The molecule has 0 aliphatic carbocycles. The first-order valence-electron chi connectivity index (χ1n) is 16.0. The zero-order chi connectivity index (χ0) is 29.6. The maximum Gasteiger partial charge on any atom is 0.407 e. The Labute approximate surface area is 249 Å². The molecule has 0 saturated carbocycles. The van der Waals surface area contributed by atoms with E-state index in [1.807, 2.05) is 6.92 Å². The van der Waals surface area contributed by atoms with Crippen LogP contribution in [0.2, 0.25) is 0 Å². The van der Waals surface area contributed by atoms with Crippen molar-refractivity contribution in [2.45, 2.75) is 121 Å². The third-order valence-electron chi connectivity index (χ3n) is 7.48. The molecular formula is C32H55NO7S. The Morgan fingerprint density at radius 1 is 0.854 bits per heavy atom. The fourth-order valence-corrected chi connectivity index (χ4v) is 5.87. The van der Waals surface area contributed by atoms with Crippen molar-refractivity contribution in [3.63, 3.8) is 0 Å². The van der Waals surface area contributed by atoms with Gasteiger partial charge in [-0.15, -0.1) is 0 Å². The molecule has 2 atom stereocenters. The molecule has 1 aliphatic rings. The Morgan fingerprint density at radius 3 is 2.05 bits per heavy atom. The molecule has 9 heteroatoms. The predicted molar refractivity (Wildman–Crippen MR) is 163 cm³/mol. The van der Waals surface area contributed by atoms with Crippen LogP contribution in [0.25, 0.3) is 0 Å². The molecule has 1 fully saturated rings. The van der Waals surface area contributed by atoms with Crippen LogP contribution < -0.4 is 5.32 Å². The molecule has 0 unspecified atom stereocenters. The third-order valence-corrected chi connectivity index (χ3v) is 8.81. The van der Waals surface area contributed by atoms with Crippen LogP contribution in [0.4, 0.5) is 4.79 Å². The first kappa shape index (κ1) is 35.5. The summed E-state index contributed by atoms with van der Waals surface area (Å²) in [6, 6.07) is 6.39. The van der Waals surface area contributed by atoms with Crippen LogP contribution in [0.1, 0.15) is 109 Å². The van der Waals surface area contributed by atoms with E-state index in [1.54, 1.807) is 12.1 Å². The van der Waals surface area contributed by atoms with Crippen molar-refractivity contribution in [2.75, 3.05) is 39.6 Å². The molecule has 0 radical (unpaired) electrons. The van der Waals surface area contributed by atoms with Gasteiger partial charge in [0, 0.05) is 19.1 Å². The Kier molecular flexibility index (Phi) is 19.0. The number of amides is 1. The zero-order valence-electron chi connectivity index (χ0n) is 25.6. The van der Waals surface area contributed by atoms with Gasteiger partial charge in [0.2, 0.25) is 0 Å². The van der Waals surface area contributed by atoms with E-state index in [1.165, 1.54) is 95.6 Å². The number of unbranched alkanes of at least 4 members (excludes halogenated alkanes) is 13. The number of aryl methyl sites for hydroxylation is 1. The number of rotatable bonds is 24. The second-order valence-electron chi connectivity index (χ2n) is 11.3. The lowest BCUT2D eigenvalue weighted by Gasteiger charge is -2.12. The number of ether oxygens (including phenoxy) is 3. The summed E-state index contributed by atoms with van der Waals surface area (Å²) in [5.41, 5.74) is 0.957. The molecule has 8 nitrogen and oxygen atoms in total. The van der Waals surface area contributed by atoms with E-state index in [0.29, 0.717) is 19.1 Å². The first-order valence-corrected chi connectivity index (χ1v) is 17.4. The number of carbonyl (C=O) groups excluding carboxylic acids is 1. The van der Waals surface area contributed by atoms with Crippen molar-refractivity contribution in [3.8, 4) is 0 Å². The van der Waals surface area contributed by atoms with Gasteiger partial charge in [-0.25, -0.2) is 4.79 Å². The lowest BCUT2D eigenvalue weighted by Crippen LogP contribution is -2.31. The van der Waals surface area contributed by atoms with Gasteiger partial charge in [0.1, 0.15) is 6.61 Å². The van der Waals surface area contributed by atoms with Gasteiger partial charge in [-0.05, 0) is 31.9 Å². The van der Waals surface area contributed by atoms with Gasteiger partial charge >= 0.3 is 6.09 Å². The minimum absolute atomic E-state index is 0.0190. The summed E-state index contributed by atoms with van der Waals surface area (Å²) in [4.78, 5) is 12.0. The summed E-state index contributed by atoms with van der Waals surface area (Å²) in [7, 11) is -3.85. The predicted octanol–water partition coefficient (Wildman–Crippen LogP) is 7.33. The Morgan fingerprint density at radius 2 is 1.44 bits per heavy atom. The number of benzene rings is 1. The van der Waals surface area contributed by atoms with Crippen LogP contribution in [-0.4, -0.2) is 60.2 Å². The molecule has 236 valence electrons. The molecular weight excluding hydrogens is 542 g/mol. The van der Waals surface area contributed by atoms with Gasteiger partial charge < -0.3 is 19.5 Å². The highest BCUT2D eigenvalue weighted by Crippen LogP contribution is 2.20. The minimum Gasteiger partial charge on any atom is -0.447 e. The highest BCUT2D eigenvalue weighted by Gasteiger charge is 2.26. The average Bonchev–Trinajstić information content (AvgIpc) is 3.42. The molecule has 0 aromatic heterocycles. The van der Waals surface area contributed by atoms with Crippen molar-refractivity contribution < 1.29 is 31.6 Å². The van der Waals surface area contributed by atoms with E-state index in [4.69, 9.17) is 18.4 Å². The summed E-state index contributed by atoms with van der Waals surface area (Å²) in [6.45, 7) is 6.22. The van der Waals surface area contributed by atoms with Crippen molar-refractivity contribution in [2.24, 2.45) is 5.92 Å². The fraction of sp³-hybridized carbons (Fsp3) is 0.781. The van der Waals surface area contributed by atoms with Gasteiger partial charge in [-0.1, -0.05) is 108 Å². The molecule has 1 heterocycles. The Hall–Kier alpha value is -1.68. The molecule has 0 bridgehead atoms. The van der Waals surface area contributed by atoms with Crippen LogP contribution >= 0.6 is 0 Å². The number of hydrogen-bond acceptors (Lipinski definition) is 7. The molecule has 1 amide bonds. The SMILES string of the molecule is CCCCCCCCCCCCCCCCOC[C@@H]1CO[C@@H](COC(=O)NCCOS(=O)(=O)c2ccc(C)cc2)C1. The number of nitrogens with one attached hydrogen (secondary N) is 1. The quantitative estimate of drug-likeness (QED) is 0.0984. The highest BCUT2D eigenvalue weighted by atomic mass is 32.2. The van der Waals surface area contributed by atoms with E-state index >= 15 is 0 Å². The molecule has 1 aliphatic heterocycles. The fourth-order valence-electron chi connectivity index (χ4n) is 4.96. The highest BCUT2D eigenvalue weighted by molar-refractivity contribution is 7.86. The standard InChI is InChI=1S/C32H55NO7S/c1-3-4-5-6-7-8-9-10-11-12-13-14-15-16-22-37-25-29-24-30(38-26-29)27-39-32(34)33-21-23-40-41(35,36)31-19-17-28(2)18-20-31/h17-20,29-30H,3-16,21-27H2,1-2H3,(H,33,34)/t29-,30-/m1/s1. The third kappa shape index (κ3) is 17.1. The average molecular weight is 598 g/mol. The van der Waals surface area contributed by atoms with Gasteiger partial charge in [-0.3, -0.25) is 4.18 Å². The largest absolute Gasteiger partial charge is 0.447 e. The number of carbonyl (C=O) groups is 1. The monoisotopic (exact) mass is 597 g/mol. The Balaban J connectivity index is 1.36. The lowest BCUT2D eigenvalue weighted by molar-refractivity contribution is 0.0390. The summed E-state index contributed by atoms with van der Waals surface area (Å²) >= 11 is 0. The molecule has 1 saturated heterocycles. The topological polar surface area (TPSA) is 100 Å². The van der Waals surface area contributed by atoms with Crippen molar-refractivity contribution in [3.05, 3.63) is 29.8 Å². The van der Waals surface area contributed by atoms with Crippen LogP contribution in [0, 0.1) is 12.8 Å². The maximum absolute atomic E-state index is 12.2. The lowest BCUT2D eigenvalue weighted by atomic mass is 10.0. The van der Waals surface area contributed by atoms with Crippen LogP contribution in [-0.2, 0) is 28.5 Å². The van der Waals surface area contributed by atoms with E-state index in [-0.39, 0.29) is 30.8 Å². The summed E-state index contributed by atoms with van der Waals surface area (Å²) < 4.78 is 46.1. The van der Waals surface area contributed by atoms with E-state index in [0.717, 1.165) is 25.0 Å². The van der Waals surface area contributed by atoms with Gasteiger partial charge in [0.05, 0.1) is 30.8 Å². The normalized spacial score (nSPS) is 17.1. The van der Waals surface area contributed by atoms with E-state index < -0.39 is 16.2 Å². The molecule has 41 heavy (non-hydrogen) atoms. The van der Waals surface area contributed by atoms with Crippen molar-refractivity contribution in [1.82, 2.24) is 5.32 Å². The zero-order valence-corrected chi connectivity index (χ0v) is 26.4. The van der Waals surface area contributed by atoms with E-state index in [2.05, 4.69) is 12.2 Å². The number of hydrogen-bond donors (Lipinski definition) is 1. The Bertz CT molecular complexity index is 907. The maximum atomic E-state index is 12.2. The number of alkyl carbamates (subject to hydrolysis) is 1. The van der Waals surface area contributed by atoms with Crippen molar-refractivity contribution in [1.29, 1.82) is 0 Å². The van der Waals surface area contributed by atoms with Gasteiger partial charge in [0.15, 0.2) is 0 Å². The minimum atomic E-state index is -3.85. The van der Waals surface area contributed by atoms with Gasteiger partial charge in [0.25, 0.3) is 10.1 Å². The second-order valence-corrected chi connectivity index (χ2v) is 13.0. The molecule has 1 aromatic carbocycles. The first-order chi connectivity index (χ1) is 19.9. The summed E-state index contributed by atoms with van der Waals surface area (Å²) in [6.07, 6.45) is 18.9. The van der Waals surface area contributed by atoms with Crippen molar-refractivity contribution >= 4 is 16.2 Å². The van der Waals surface area contributed by atoms with Crippen LogP contribution in [0.3, 0.4) is 0 Å². The van der Waals surface area contributed by atoms with Gasteiger partial charge in [-0.2, -0.15) is 8.42 Å². The molecule has 2 rings (SSSR count). The van der Waals surface area contributed by atoms with Crippen LogP contribution in [0.15, 0.2) is 29.2 Å². The van der Waals surface area contributed by atoms with Crippen LogP contribution in [0.5, 0.6) is 0 Å². The van der Waals surface area contributed by atoms with E-state index in [9.17, 15) is 13.2 Å². The summed E-state index contributed by atoms with van der Waals surface area (Å²) in [5.74, 6) is 0.318. The molecule has 1 N–H and O–H groups in total. The smallest absolute Gasteiger partial charge is 0.407 e. The molecule has 0 spiro atoms. The summed E-state index contributed by atoms with van der Waals surface area (Å²) in [5, 5.41) is 2.51. The second kappa shape index (κ2) is 21.9.